The highest BCUT2D eigenvalue weighted by Gasteiger charge is 2.22. The Morgan fingerprint density at radius 1 is 0.913 bits per heavy atom. The van der Waals surface area contributed by atoms with Gasteiger partial charge in [-0.2, -0.15) is 0 Å². The molecule has 122 valence electrons. The van der Waals surface area contributed by atoms with E-state index in [2.05, 4.69) is 31.2 Å². The summed E-state index contributed by atoms with van der Waals surface area (Å²) in [5.74, 6) is 0.679. The van der Waals surface area contributed by atoms with E-state index in [1.807, 2.05) is 12.1 Å². The minimum atomic E-state index is 0.347. The quantitative estimate of drug-likeness (QED) is 0.823. The maximum Gasteiger partial charge on any atom is 0.0722 e. The first-order valence-corrected chi connectivity index (χ1v) is 8.43. The molecule has 4 N–H and O–H groups in total. The van der Waals surface area contributed by atoms with E-state index < -0.39 is 0 Å². The zero-order chi connectivity index (χ0) is 16.2. The lowest BCUT2D eigenvalue weighted by Gasteiger charge is -2.29. The van der Waals surface area contributed by atoms with Crippen LogP contribution in [0.2, 0.25) is 0 Å². The first kappa shape index (κ1) is 15.9. The highest BCUT2D eigenvalue weighted by molar-refractivity contribution is 5.54. The molecule has 0 bridgehead atoms. The normalized spacial score (nSPS) is 21.3. The van der Waals surface area contributed by atoms with Gasteiger partial charge >= 0.3 is 0 Å². The maximum atomic E-state index is 6.07. The van der Waals surface area contributed by atoms with Crippen molar-refractivity contribution in [3.63, 3.8) is 0 Å². The van der Waals surface area contributed by atoms with E-state index in [1.165, 1.54) is 24.0 Å². The fourth-order valence-electron chi connectivity index (χ4n) is 3.44. The third-order valence-electron chi connectivity index (χ3n) is 4.75. The molecule has 0 atom stereocenters. The summed E-state index contributed by atoms with van der Waals surface area (Å²) in [7, 11) is 0. The SMILES string of the molecule is Cc1ccc(C2CCC(OCc3cc(N)cc(N)c3)CC2)cc1. The molecule has 1 fully saturated rings. The van der Waals surface area contributed by atoms with Crippen LogP contribution in [0.3, 0.4) is 0 Å². The van der Waals surface area contributed by atoms with Gasteiger partial charge in [0, 0.05) is 11.4 Å². The minimum absolute atomic E-state index is 0.347. The molecule has 2 aromatic carbocycles. The van der Waals surface area contributed by atoms with E-state index >= 15 is 0 Å². The molecule has 3 heteroatoms. The van der Waals surface area contributed by atoms with E-state index in [-0.39, 0.29) is 0 Å². The highest BCUT2D eigenvalue weighted by atomic mass is 16.5. The second-order valence-corrected chi connectivity index (χ2v) is 6.70. The summed E-state index contributed by atoms with van der Waals surface area (Å²) in [6.45, 7) is 2.73. The fourth-order valence-corrected chi connectivity index (χ4v) is 3.44. The van der Waals surface area contributed by atoms with Gasteiger partial charge in [-0.1, -0.05) is 29.8 Å². The molecule has 0 saturated heterocycles. The first-order valence-electron chi connectivity index (χ1n) is 8.43. The smallest absolute Gasteiger partial charge is 0.0722 e. The average molecular weight is 310 g/mol. The van der Waals surface area contributed by atoms with Crippen LogP contribution in [-0.2, 0) is 11.3 Å². The Morgan fingerprint density at radius 3 is 2.13 bits per heavy atom. The fraction of sp³-hybridized carbons (Fsp3) is 0.400. The van der Waals surface area contributed by atoms with Crippen LogP contribution in [0.5, 0.6) is 0 Å². The number of hydrogen-bond donors (Lipinski definition) is 2. The molecule has 3 rings (SSSR count). The van der Waals surface area contributed by atoms with E-state index in [1.54, 1.807) is 6.07 Å². The van der Waals surface area contributed by atoms with Crippen LogP contribution >= 0.6 is 0 Å². The lowest BCUT2D eigenvalue weighted by atomic mass is 9.82. The van der Waals surface area contributed by atoms with Gasteiger partial charge in [-0.25, -0.2) is 0 Å². The van der Waals surface area contributed by atoms with Gasteiger partial charge in [0.2, 0.25) is 0 Å². The van der Waals surface area contributed by atoms with Crippen molar-refractivity contribution in [3.8, 4) is 0 Å². The van der Waals surface area contributed by atoms with E-state index in [0.29, 0.717) is 30.0 Å². The summed E-state index contributed by atoms with van der Waals surface area (Å²) < 4.78 is 6.07. The van der Waals surface area contributed by atoms with Crippen molar-refractivity contribution in [1.82, 2.24) is 0 Å². The van der Waals surface area contributed by atoms with Crippen molar-refractivity contribution in [2.24, 2.45) is 0 Å². The van der Waals surface area contributed by atoms with Crippen LogP contribution in [0, 0.1) is 6.92 Å². The Bertz CT molecular complexity index is 623. The number of anilines is 2. The van der Waals surface area contributed by atoms with Gasteiger partial charge in [-0.15, -0.1) is 0 Å². The lowest BCUT2D eigenvalue weighted by Crippen LogP contribution is -2.20. The molecule has 0 aromatic heterocycles. The predicted molar refractivity (Wildman–Crippen MR) is 96.2 cm³/mol. The number of ether oxygens (including phenoxy) is 1. The summed E-state index contributed by atoms with van der Waals surface area (Å²) in [5, 5.41) is 0. The molecule has 0 heterocycles. The van der Waals surface area contributed by atoms with Gasteiger partial charge in [0.05, 0.1) is 12.7 Å². The molecule has 0 spiro atoms. The molecule has 1 saturated carbocycles. The summed E-state index contributed by atoms with van der Waals surface area (Å²) in [6, 6.07) is 14.6. The van der Waals surface area contributed by atoms with E-state index in [0.717, 1.165) is 18.4 Å². The van der Waals surface area contributed by atoms with Crippen LogP contribution in [-0.4, -0.2) is 6.10 Å². The number of nitrogen functional groups attached to an aromatic ring is 2. The number of hydrogen-bond acceptors (Lipinski definition) is 3. The second-order valence-electron chi connectivity index (χ2n) is 6.70. The van der Waals surface area contributed by atoms with Crippen molar-refractivity contribution >= 4 is 11.4 Å². The molecule has 1 aliphatic rings. The topological polar surface area (TPSA) is 61.3 Å². The Balaban J connectivity index is 1.50. The van der Waals surface area contributed by atoms with Gasteiger partial charge in [-0.3, -0.25) is 0 Å². The zero-order valence-corrected chi connectivity index (χ0v) is 13.8. The van der Waals surface area contributed by atoms with Crippen molar-refractivity contribution in [2.75, 3.05) is 11.5 Å². The van der Waals surface area contributed by atoms with Crippen LogP contribution in [0.1, 0.15) is 48.3 Å². The van der Waals surface area contributed by atoms with Gasteiger partial charge in [-0.05, 0) is 67.9 Å². The Kier molecular flexibility index (Phi) is 4.87. The van der Waals surface area contributed by atoms with Crippen molar-refractivity contribution in [3.05, 3.63) is 59.2 Å². The number of benzene rings is 2. The number of nitrogens with two attached hydrogens (primary N) is 2. The number of aryl methyl sites for hydroxylation is 1. The Hall–Kier alpha value is -2.00. The van der Waals surface area contributed by atoms with Gasteiger partial charge < -0.3 is 16.2 Å². The molecule has 2 aromatic rings. The summed E-state index contributed by atoms with van der Waals surface area (Å²) in [6.07, 6.45) is 4.99. The third kappa shape index (κ3) is 4.26. The van der Waals surface area contributed by atoms with Crippen molar-refractivity contribution in [2.45, 2.75) is 51.2 Å². The van der Waals surface area contributed by atoms with Crippen LogP contribution in [0.4, 0.5) is 11.4 Å². The van der Waals surface area contributed by atoms with E-state index in [4.69, 9.17) is 16.2 Å². The molecule has 0 aliphatic heterocycles. The summed E-state index contributed by atoms with van der Waals surface area (Å²) in [5.41, 5.74) is 16.9. The van der Waals surface area contributed by atoms with Crippen molar-refractivity contribution in [1.29, 1.82) is 0 Å². The molecular weight excluding hydrogens is 284 g/mol. The minimum Gasteiger partial charge on any atom is -0.399 e. The monoisotopic (exact) mass is 310 g/mol. The molecule has 1 aliphatic carbocycles. The largest absolute Gasteiger partial charge is 0.399 e. The molecule has 3 nitrogen and oxygen atoms in total. The van der Waals surface area contributed by atoms with Crippen LogP contribution < -0.4 is 11.5 Å². The predicted octanol–water partition coefficient (Wildman–Crippen LogP) is 4.40. The molecule has 0 unspecified atom stereocenters. The van der Waals surface area contributed by atoms with Gasteiger partial charge in [0.15, 0.2) is 0 Å². The summed E-state index contributed by atoms with van der Waals surface area (Å²) >= 11 is 0. The standard InChI is InChI=1S/C20H26N2O/c1-14-2-4-16(5-3-14)17-6-8-20(9-7-17)23-13-15-10-18(21)12-19(22)11-15/h2-5,10-12,17,20H,6-9,13,21-22H2,1H3. The first-order chi connectivity index (χ1) is 11.1. The van der Waals surface area contributed by atoms with Crippen molar-refractivity contribution < 1.29 is 4.74 Å². The Labute approximate surface area is 138 Å². The van der Waals surface area contributed by atoms with E-state index in [9.17, 15) is 0 Å². The lowest BCUT2D eigenvalue weighted by molar-refractivity contribution is 0.0134. The number of rotatable bonds is 4. The summed E-state index contributed by atoms with van der Waals surface area (Å²) in [4.78, 5) is 0. The third-order valence-corrected chi connectivity index (χ3v) is 4.75. The Morgan fingerprint density at radius 2 is 1.52 bits per heavy atom. The molecular formula is C20H26N2O. The maximum absolute atomic E-state index is 6.07. The molecule has 0 radical (unpaired) electrons. The zero-order valence-electron chi connectivity index (χ0n) is 13.8. The highest BCUT2D eigenvalue weighted by Crippen LogP contribution is 2.34. The van der Waals surface area contributed by atoms with Gasteiger partial charge in [0.25, 0.3) is 0 Å². The van der Waals surface area contributed by atoms with Crippen LogP contribution in [0.25, 0.3) is 0 Å². The second kappa shape index (κ2) is 7.05. The molecule has 23 heavy (non-hydrogen) atoms. The van der Waals surface area contributed by atoms with Gasteiger partial charge in [0.1, 0.15) is 0 Å². The molecule has 0 amide bonds. The average Bonchev–Trinajstić information content (AvgIpc) is 2.53. The van der Waals surface area contributed by atoms with Crippen LogP contribution in [0.15, 0.2) is 42.5 Å².